The first-order chi connectivity index (χ1) is 9.06. The largest absolute Gasteiger partial charge is 0.341 e. The van der Waals surface area contributed by atoms with Gasteiger partial charge in [-0.1, -0.05) is 37.6 Å². The molecule has 1 aromatic heterocycles. The number of rotatable bonds is 5. The van der Waals surface area contributed by atoms with Gasteiger partial charge in [-0.25, -0.2) is 4.98 Å². The highest BCUT2D eigenvalue weighted by Crippen LogP contribution is 2.22. The minimum atomic E-state index is 0.661. The minimum Gasteiger partial charge on any atom is -0.341 e. The molecule has 0 fully saturated rings. The number of aromatic amines is 1. The van der Waals surface area contributed by atoms with Gasteiger partial charge in [-0.3, -0.25) is 0 Å². The van der Waals surface area contributed by atoms with E-state index in [1.165, 1.54) is 16.7 Å². The Kier molecular flexibility index (Phi) is 4.38. The van der Waals surface area contributed by atoms with Crippen LogP contribution in [0.2, 0.25) is 0 Å². The highest BCUT2D eigenvalue weighted by atomic mass is 15.0. The van der Waals surface area contributed by atoms with Crippen molar-refractivity contribution in [2.45, 2.75) is 34.2 Å². The van der Waals surface area contributed by atoms with Crippen LogP contribution in [0.5, 0.6) is 0 Å². The summed E-state index contributed by atoms with van der Waals surface area (Å²) in [5, 5.41) is 3.40. The van der Waals surface area contributed by atoms with Crippen LogP contribution >= 0.6 is 0 Å². The number of nitrogens with zero attached hydrogens (tertiary/aromatic N) is 1. The van der Waals surface area contributed by atoms with Gasteiger partial charge in [0.15, 0.2) is 0 Å². The van der Waals surface area contributed by atoms with E-state index in [9.17, 15) is 0 Å². The number of H-pyrrole nitrogens is 1. The fraction of sp³-hybridized carbons (Fsp3) is 0.438. The molecule has 102 valence electrons. The van der Waals surface area contributed by atoms with Gasteiger partial charge in [0.25, 0.3) is 0 Å². The van der Waals surface area contributed by atoms with Crippen molar-refractivity contribution in [1.82, 2.24) is 15.3 Å². The third-order valence-electron chi connectivity index (χ3n) is 3.15. The monoisotopic (exact) mass is 257 g/mol. The van der Waals surface area contributed by atoms with E-state index in [1.807, 2.05) is 6.20 Å². The smallest absolute Gasteiger partial charge is 0.120 e. The zero-order chi connectivity index (χ0) is 13.8. The lowest BCUT2D eigenvalue weighted by Crippen LogP contribution is -2.19. The van der Waals surface area contributed by atoms with Crippen molar-refractivity contribution in [2.24, 2.45) is 5.92 Å². The number of benzene rings is 1. The Bertz CT molecular complexity index is 541. The topological polar surface area (TPSA) is 40.7 Å². The van der Waals surface area contributed by atoms with Crippen LogP contribution in [0, 0.1) is 19.8 Å². The van der Waals surface area contributed by atoms with Crippen LogP contribution in [-0.4, -0.2) is 16.5 Å². The molecule has 2 aromatic rings. The predicted molar refractivity (Wildman–Crippen MR) is 80.0 cm³/mol. The van der Waals surface area contributed by atoms with Gasteiger partial charge >= 0.3 is 0 Å². The molecule has 0 spiro atoms. The Labute approximate surface area is 115 Å². The van der Waals surface area contributed by atoms with E-state index < -0.39 is 0 Å². The van der Waals surface area contributed by atoms with Gasteiger partial charge in [-0.15, -0.1) is 0 Å². The number of hydrogen-bond acceptors (Lipinski definition) is 2. The first-order valence-corrected chi connectivity index (χ1v) is 6.88. The third-order valence-corrected chi connectivity index (χ3v) is 3.15. The van der Waals surface area contributed by atoms with Crippen molar-refractivity contribution < 1.29 is 0 Å². The molecule has 0 saturated heterocycles. The lowest BCUT2D eigenvalue weighted by atomic mass is 10.0. The van der Waals surface area contributed by atoms with Crippen molar-refractivity contribution in [2.75, 3.05) is 6.54 Å². The fourth-order valence-corrected chi connectivity index (χ4v) is 2.18. The van der Waals surface area contributed by atoms with Gasteiger partial charge in [0.05, 0.1) is 18.4 Å². The molecule has 0 radical (unpaired) electrons. The second kappa shape index (κ2) is 6.02. The van der Waals surface area contributed by atoms with Crippen molar-refractivity contribution in [3.63, 3.8) is 0 Å². The first-order valence-electron chi connectivity index (χ1n) is 6.88. The van der Waals surface area contributed by atoms with Crippen molar-refractivity contribution >= 4 is 0 Å². The molecular formula is C16H23N3. The second-order valence-corrected chi connectivity index (χ2v) is 5.59. The fourth-order valence-electron chi connectivity index (χ4n) is 2.18. The maximum atomic E-state index is 4.43. The van der Waals surface area contributed by atoms with E-state index in [1.54, 1.807) is 0 Å². The Morgan fingerprint density at radius 2 is 2.05 bits per heavy atom. The quantitative estimate of drug-likeness (QED) is 0.861. The molecule has 0 unspecified atom stereocenters. The molecular weight excluding hydrogens is 234 g/mol. The number of aromatic nitrogens is 2. The minimum absolute atomic E-state index is 0.661. The molecule has 1 aromatic carbocycles. The molecule has 3 nitrogen and oxygen atoms in total. The number of nitrogens with one attached hydrogen (secondary N) is 2. The predicted octanol–water partition coefficient (Wildman–Crippen LogP) is 3.44. The number of hydrogen-bond donors (Lipinski definition) is 2. The van der Waals surface area contributed by atoms with E-state index in [-0.39, 0.29) is 0 Å². The summed E-state index contributed by atoms with van der Waals surface area (Å²) in [4.78, 5) is 7.82. The Balaban J connectivity index is 2.08. The van der Waals surface area contributed by atoms with Gasteiger partial charge in [-0.2, -0.15) is 0 Å². The molecule has 0 aliphatic rings. The molecule has 0 aliphatic carbocycles. The molecule has 3 heteroatoms. The van der Waals surface area contributed by atoms with Crippen LogP contribution in [0.1, 0.15) is 30.8 Å². The summed E-state index contributed by atoms with van der Waals surface area (Å²) < 4.78 is 0. The van der Waals surface area contributed by atoms with Gasteiger partial charge in [0.1, 0.15) is 5.82 Å². The van der Waals surface area contributed by atoms with E-state index in [4.69, 9.17) is 0 Å². The van der Waals surface area contributed by atoms with Crippen molar-refractivity contribution in [1.29, 1.82) is 0 Å². The van der Waals surface area contributed by atoms with E-state index in [2.05, 4.69) is 61.2 Å². The molecule has 0 bridgehead atoms. The van der Waals surface area contributed by atoms with Crippen LogP contribution in [0.4, 0.5) is 0 Å². The molecule has 19 heavy (non-hydrogen) atoms. The molecule has 2 N–H and O–H groups in total. The summed E-state index contributed by atoms with van der Waals surface area (Å²) in [6.07, 6.45) is 1.92. The lowest BCUT2D eigenvalue weighted by molar-refractivity contribution is 0.545. The van der Waals surface area contributed by atoms with Gasteiger partial charge in [-0.05, 0) is 31.9 Å². The first kappa shape index (κ1) is 13.8. The van der Waals surface area contributed by atoms with Crippen LogP contribution in [0.25, 0.3) is 11.3 Å². The Morgan fingerprint density at radius 1 is 1.26 bits per heavy atom. The maximum Gasteiger partial charge on any atom is 0.120 e. The molecule has 0 atom stereocenters. The van der Waals surface area contributed by atoms with E-state index in [0.717, 1.165) is 24.6 Å². The highest BCUT2D eigenvalue weighted by molar-refractivity contribution is 5.63. The highest BCUT2D eigenvalue weighted by Gasteiger charge is 2.06. The summed E-state index contributed by atoms with van der Waals surface area (Å²) >= 11 is 0. The SMILES string of the molecule is Cc1ccc(-c2cnc(CNCC(C)C)[nH]2)c(C)c1. The van der Waals surface area contributed by atoms with Gasteiger partial charge < -0.3 is 10.3 Å². The second-order valence-electron chi connectivity index (χ2n) is 5.59. The zero-order valence-electron chi connectivity index (χ0n) is 12.2. The summed E-state index contributed by atoms with van der Waals surface area (Å²) in [6.45, 7) is 10.5. The molecule has 0 saturated carbocycles. The van der Waals surface area contributed by atoms with Crippen molar-refractivity contribution in [3.8, 4) is 11.3 Å². The van der Waals surface area contributed by atoms with Gasteiger partial charge in [0.2, 0.25) is 0 Å². The van der Waals surface area contributed by atoms with Gasteiger partial charge in [0, 0.05) is 5.56 Å². The molecule has 0 amide bonds. The number of aryl methyl sites for hydroxylation is 2. The lowest BCUT2D eigenvalue weighted by Gasteiger charge is -2.06. The summed E-state index contributed by atoms with van der Waals surface area (Å²) in [6, 6.07) is 6.50. The van der Waals surface area contributed by atoms with Crippen LogP contribution in [0.3, 0.4) is 0 Å². The van der Waals surface area contributed by atoms with E-state index >= 15 is 0 Å². The third kappa shape index (κ3) is 3.67. The van der Waals surface area contributed by atoms with Crippen LogP contribution in [0.15, 0.2) is 24.4 Å². The number of imidazole rings is 1. The van der Waals surface area contributed by atoms with Crippen LogP contribution in [-0.2, 0) is 6.54 Å². The summed E-state index contributed by atoms with van der Waals surface area (Å²) in [5.74, 6) is 1.66. The normalized spacial score (nSPS) is 11.2. The average Bonchev–Trinajstić information content (AvgIpc) is 2.77. The maximum absolute atomic E-state index is 4.43. The molecule has 1 heterocycles. The average molecular weight is 257 g/mol. The van der Waals surface area contributed by atoms with Crippen LogP contribution < -0.4 is 5.32 Å². The van der Waals surface area contributed by atoms with E-state index in [0.29, 0.717) is 5.92 Å². The van der Waals surface area contributed by atoms with Crippen molar-refractivity contribution in [3.05, 3.63) is 41.3 Å². The summed E-state index contributed by atoms with van der Waals surface area (Å²) in [7, 11) is 0. The standard InChI is InChI=1S/C16H23N3/c1-11(2)8-17-10-16-18-9-15(19-16)14-6-5-12(3)7-13(14)4/h5-7,9,11,17H,8,10H2,1-4H3,(H,18,19). The molecule has 0 aliphatic heterocycles. The molecule has 2 rings (SSSR count). The summed E-state index contributed by atoms with van der Waals surface area (Å²) in [5.41, 5.74) is 4.90. The Morgan fingerprint density at radius 3 is 2.74 bits per heavy atom. The Hall–Kier alpha value is -1.61. The zero-order valence-corrected chi connectivity index (χ0v) is 12.2.